The lowest BCUT2D eigenvalue weighted by molar-refractivity contribution is -0.134. The van der Waals surface area contributed by atoms with Crippen LogP contribution < -0.4 is 5.32 Å². The second-order valence-electron chi connectivity index (χ2n) is 8.96. The molecular weight excluding hydrogens is 312 g/mol. The Kier molecular flexibility index (Phi) is 5.21. The Balaban J connectivity index is 1.48. The van der Waals surface area contributed by atoms with Gasteiger partial charge in [0.2, 0.25) is 5.91 Å². The maximum absolute atomic E-state index is 12.3. The molecule has 3 rings (SSSR count). The Labute approximate surface area is 151 Å². The summed E-state index contributed by atoms with van der Waals surface area (Å²) in [6.45, 7) is 8.58. The molecule has 1 heterocycles. The van der Waals surface area contributed by atoms with E-state index in [0.29, 0.717) is 19.0 Å². The van der Waals surface area contributed by atoms with Crippen molar-refractivity contribution in [3.05, 3.63) is 35.4 Å². The Morgan fingerprint density at radius 1 is 1.28 bits per heavy atom. The molecule has 1 atom stereocenters. The number of piperidine rings is 1. The number of amides is 1. The third-order valence-electron chi connectivity index (χ3n) is 5.54. The van der Waals surface area contributed by atoms with Gasteiger partial charge in [-0.1, -0.05) is 45.0 Å². The van der Waals surface area contributed by atoms with Crippen LogP contribution in [-0.2, 0) is 16.8 Å². The molecule has 1 fully saturated rings. The molecule has 2 N–H and O–H groups in total. The minimum atomic E-state index is -0.740. The number of nitrogens with one attached hydrogen (secondary N) is 1. The number of fused-ring (bicyclic) bond motifs is 1. The molecular formula is C21H32N2O2. The molecule has 25 heavy (non-hydrogen) atoms. The van der Waals surface area contributed by atoms with E-state index in [1.165, 1.54) is 5.56 Å². The van der Waals surface area contributed by atoms with E-state index in [-0.39, 0.29) is 11.3 Å². The maximum atomic E-state index is 12.3. The summed E-state index contributed by atoms with van der Waals surface area (Å²) in [5.41, 5.74) is 1.66. The van der Waals surface area contributed by atoms with E-state index < -0.39 is 5.60 Å². The number of aryl methyl sites for hydroxylation is 1. The maximum Gasteiger partial charge on any atom is 0.223 e. The predicted molar refractivity (Wildman–Crippen MR) is 100 cm³/mol. The van der Waals surface area contributed by atoms with E-state index in [0.717, 1.165) is 44.3 Å². The summed E-state index contributed by atoms with van der Waals surface area (Å²) in [4.78, 5) is 14.3. The average Bonchev–Trinajstić information content (AvgIpc) is 2.90. The summed E-state index contributed by atoms with van der Waals surface area (Å²) in [7, 11) is 0. The summed E-state index contributed by atoms with van der Waals surface area (Å²) >= 11 is 0. The van der Waals surface area contributed by atoms with E-state index >= 15 is 0 Å². The second kappa shape index (κ2) is 7.08. The van der Waals surface area contributed by atoms with Gasteiger partial charge >= 0.3 is 0 Å². The molecule has 1 aromatic rings. The molecule has 0 aromatic heterocycles. The van der Waals surface area contributed by atoms with E-state index in [1.54, 1.807) is 0 Å². The first-order valence-electron chi connectivity index (χ1n) is 9.59. The largest absolute Gasteiger partial charge is 0.384 e. The number of carbonyl (C=O) groups excluding carboxylic acids is 1. The molecule has 4 nitrogen and oxygen atoms in total. The fraction of sp³-hybridized carbons (Fsp3) is 0.667. The monoisotopic (exact) mass is 344 g/mol. The van der Waals surface area contributed by atoms with Gasteiger partial charge in [-0.3, -0.25) is 4.79 Å². The third-order valence-corrected chi connectivity index (χ3v) is 5.54. The molecule has 0 spiro atoms. The van der Waals surface area contributed by atoms with Crippen molar-refractivity contribution in [3.8, 4) is 0 Å². The number of hydrogen-bond donors (Lipinski definition) is 2. The topological polar surface area (TPSA) is 52.6 Å². The van der Waals surface area contributed by atoms with Gasteiger partial charge in [-0.2, -0.15) is 0 Å². The smallest absolute Gasteiger partial charge is 0.223 e. The van der Waals surface area contributed by atoms with Crippen LogP contribution in [0, 0.1) is 5.41 Å². The van der Waals surface area contributed by atoms with Crippen LogP contribution in [0.4, 0.5) is 0 Å². The molecule has 4 heteroatoms. The van der Waals surface area contributed by atoms with Gasteiger partial charge in [0.05, 0.1) is 0 Å². The molecule has 1 unspecified atom stereocenters. The van der Waals surface area contributed by atoms with Crippen molar-refractivity contribution >= 4 is 5.91 Å². The molecule has 0 saturated carbocycles. The lowest BCUT2D eigenvalue weighted by Crippen LogP contribution is -2.48. The van der Waals surface area contributed by atoms with Crippen LogP contribution in [0.2, 0.25) is 0 Å². The lowest BCUT2D eigenvalue weighted by Gasteiger charge is -2.35. The van der Waals surface area contributed by atoms with Crippen molar-refractivity contribution in [1.29, 1.82) is 0 Å². The molecule has 138 valence electrons. The van der Waals surface area contributed by atoms with Gasteiger partial charge in [0.25, 0.3) is 0 Å². The quantitative estimate of drug-likeness (QED) is 0.883. The summed E-state index contributed by atoms with van der Waals surface area (Å²) in [6.07, 6.45) is 4.29. The first-order valence-corrected chi connectivity index (χ1v) is 9.59. The fourth-order valence-corrected chi connectivity index (χ4v) is 4.06. The summed E-state index contributed by atoms with van der Waals surface area (Å²) in [5.74, 6) is 0.272. The minimum absolute atomic E-state index is 0.0469. The Hall–Kier alpha value is -1.39. The molecule has 0 bridgehead atoms. The first-order chi connectivity index (χ1) is 11.8. The SMILES string of the molecule is CC(C)(C)CC(=O)N1CCC(NCC2(O)CCc3ccccc32)CC1. The molecule has 1 aromatic carbocycles. The number of carbonyl (C=O) groups is 1. The van der Waals surface area contributed by atoms with Crippen molar-refractivity contribution in [1.82, 2.24) is 10.2 Å². The summed E-state index contributed by atoms with van der Waals surface area (Å²) in [5, 5.41) is 14.6. The number of aliphatic hydroxyl groups is 1. The number of likely N-dealkylation sites (tertiary alicyclic amines) is 1. The van der Waals surface area contributed by atoms with Crippen molar-refractivity contribution in [2.24, 2.45) is 5.41 Å². The van der Waals surface area contributed by atoms with Gasteiger partial charge in [-0.15, -0.1) is 0 Å². The van der Waals surface area contributed by atoms with E-state index in [4.69, 9.17) is 0 Å². The van der Waals surface area contributed by atoms with Crippen molar-refractivity contribution < 1.29 is 9.90 Å². The zero-order valence-electron chi connectivity index (χ0n) is 15.8. The Morgan fingerprint density at radius 3 is 2.64 bits per heavy atom. The van der Waals surface area contributed by atoms with Gasteiger partial charge in [-0.25, -0.2) is 0 Å². The molecule has 1 aliphatic heterocycles. The third kappa shape index (κ3) is 4.42. The fourth-order valence-electron chi connectivity index (χ4n) is 4.06. The zero-order chi connectivity index (χ0) is 18.1. The zero-order valence-corrected chi connectivity index (χ0v) is 15.8. The van der Waals surface area contributed by atoms with Crippen LogP contribution in [0.1, 0.15) is 57.6 Å². The minimum Gasteiger partial charge on any atom is -0.384 e. The summed E-state index contributed by atoms with van der Waals surface area (Å²) in [6, 6.07) is 8.61. The van der Waals surface area contributed by atoms with Crippen LogP contribution in [0.3, 0.4) is 0 Å². The van der Waals surface area contributed by atoms with Gasteiger partial charge in [0.1, 0.15) is 5.60 Å². The highest BCUT2D eigenvalue weighted by molar-refractivity contribution is 5.76. The van der Waals surface area contributed by atoms with Crippen molar-refractivity contribution in [3.63, 3.8) is 0 Å². The Morgan fingerprint density at radius 2 is 1.96 bits per heavy atom. The standard InChI is InChI=1S/C21H32N2O2/c1-20(2,3)14-19(24)23-12-9-17(10-13-23)22-15-21(25)11-8-16-6-4-5-7-18(16)21/h4-7,17,22,25H,8-15H2,1-3H3. The number of benzene rings is 1. The lowest BCUT2D eigenvalue weighted by atomic mass is 9.91. The molecule has 1 saturated heterocycles. The van der Waals surface area contributed by atoms with Crippen molar-refractivity contribution in [2.75, 3.05) is 19.6 Å². The van der Waals surface area contributed by atoms with Crippen LogP contribution in [0.15, 0.2) is 24.3 Å². The van der Waals surface area contributed by atoms with E-state index in [2.05, 4.69) is 38.2 Å². The molecule has 2 aliphatic rings. The van der Waals surface area contributed by atoms with Gasteiger partial charge in [0.15, 0.2) is 0 Å². The first kappa shape index (κ1) is 18.4. The van der Waals surface area contributed by atoms with Crippen LogP contribution in [0.25, 0.3) is 0 Å². The summed E-state index contributed by atoms with van der Waals surface area (Å²) < 4.78 is 0. The van der Waals surface area contributed by atoms with E-state index in [1.807, 2.05) is 17.0 Å². The second-order valence-corrected chi connectivity index (χ2v) is 8.96. The van der Waals surface area contributed by atoms with Crippen LogP contribution in [-0.4, -0.2) is 41.6 Å². The highest BCUT2D eigenvalue weighted by Crippen LogP contribution is 2.36. The highest BCUT2D eigenvalue weighted by atomic mass is 16.3. The molecule has 1 amide bonds. The van der Waals surface area contributed by atoms with Gasteiger partial charge in [0, 0.05) is 32.1 Å². The molecule has 1 aliphatic carbocycles. The Bertz CT molecular complexity index is 615. The van der Waals surface area contributed by atoms with Gasteiger partial charge in [-0.05, 0) is 42.2 Å². The van der Waals surface area contributed by atoms with Crippen LogP contribution >= 0.6 is 0 Å². The molecule has 0 radical (unpaired) electrons. The average molecular weight is 344 g/mol. The van der Waals surface area contributed by atoms with Gasteiger partial charge < -0.3 is 15.3 Å². The van der Waals surface area contributed by atoms with Crippen LogP contribution in [0.5, 0.6) is 0 Å². The number of rotatable bonds is 4. The van der Waals surface area contributed by atoms with E-state index in [9.17, 15) is 9.90 Å². The normalized spacial score (nSPS) is 24.4. The highest BCUT2D eigenvalue weighted by Gasteiger charge is 2.37. The number of hydrogen-bond acceptors (Lipinski definition) is 3. The predicted octanol–water partition coefficient (Wildman–Crippen LogP) is 2.84. The van der Waals surface area contributed by atoms with Crippen molar-refractivity contribution in [2.45, 2.75) is 64.5 Å². The number of nitrogens with zero attached hydrogens (tertiary/aromatic N) is 1.